The zero-order valence-corrected chi connectivity index (χ0v) is 14.8. The second kappa shape index (κ2) is 7.07. The first kappa shape index (κ1) is 17.6. The van der Waals surface area contributed by atoms with Crippen LogP contribution in [0.3, 0.4) is 0 Å². The van der Waals surface area contributed by atoms with E-state index in [4.69, 9.17) is 4.74 Å². The van der Waals surface area contributed by atoms with Crippen molar-refractivity contribution in [2.45, 2.75) is 26.0 Å². The summed E-state index contributed by atoms with van der Waals surface area (Å²) in [6.45, 7) is 3.57. The molecule has 1 amide bonds. The van der Waals surface area contributed by atoms with Crippen LogP contribution in [-0.4, -0.2) is 46.8 Å². The number of aryl methyl sites for hydroxylation is 1. The quantitative estimate of drug-likeness (QED) is 0.888. The number of nitrogens with one attached hydrogen (secondary N) is 1. The first-order chi connectivity index (χ1) is 13.0. The summed E-state index contributed by atoms with van der Waals surface area (Å²) < 4.78 is 36.1. The SMILES string of the molecule is Cc1cn(C[C@H]2CN(c3cc(F)c(C4=CCNCC4)c(F)c3)C(=O)O2)nn1. The number of carbonyl (C=O) groups excluding carboxylic acids is 1. The van der Waals surface area contributed by atoms with E-state index in [2.05, 4.69) is 15.6 Å². The van der Waals surface area contributed by atoms with Gasteiger partial charge in [-0.25, -0.2) is 18.3 Å². The van der Waals surface area contributed by atoms with Crippen LogP contribution in [0.1, 0.15) is 17.7 Å². The van der Waals surface area contributed by atoms with Gasteiger partial charge < -0.3 is 10.1 Å². The summed E-state index contributed by atoms with van der Waals surface area (Å²) in [6, 6.07) is 2.37. The van der Waals surface area contributed by atoms with Gasteiger partial charge in [0.25, 0.3) is 0 Å². The van der Waals surface area contributed by atoms with E-state index < -0.39 is 23.8 Å². The summed E-state index contributed by atoms with van der Waals surface area (Å²) in [5, 5.41) is 10.9. The first-order valence-corrected chi connectivity index (χ1v) is 8.75. The Hall–Kier alpha value is -2.81. The van der Waals surface area contributed by atoms with Crippen LogP contribution in [0.2, 0.25) is 0 Å². The van der Waals surface area contributed by atoms with Gasteiger partial charge in [-0.05, 0) is 37.6 Å². The van der Waals surface area contributed by atoms with Crippen LogP contribution in [0.4, 0.5) is 19.3 Å². The number of aromatic nitrogens is 3. The van der Waals surface area contributed by atoms with Gasteiger partial charge in [0.05, 0.1) is 24.5 Å². The summed E-state index contributed by atoms with van der Waals surface area (Å²) >= 11 is 0. The molecule has 3 heterocycles. The number of rotatable bonds is 4. The van der Waals surface area contributed by atoms with Crippen molar-refractivity contribution in [1.82, 2.24) is 20.3 Å². The van der Waals surface area contributed by atoms with Gasteiger partial charge in [-0.2, -0.15) is 0 Å². The van der Waals surface area contributed by atoms with Gasteiger partial charge in [-0.3, -0.25) is 4.90 Å². The van der Waals surface area contributed by atoms with Crippen molar-refractivity contribution in [2.75, 3.05) is 24.5 Å². The molecule has 1 fully saturated rings. The smallest absolute Gasteiger partial charge is 0.414 e. The standard InChI is InChI=1S/C18H19F2N5O2/c1-11-8-24(23-22-11)9-14-10-25(18(26)27-14)13-6-15(19)17(16(20)7-13)12-2-4-21-5-3-12/h2,6-8,14,21H,3-5,9-10H2,1H3/t14-/m0/s1. The van der Waals surface area contributed by atoms with Crippen LogP contribution in [0.25, 0.3) is 5.57 Å². The Labute approximate surface area is 154 Å². The normalized spacial score (nSPS) is 20.0. The van der Waals surface area contributed by atoms with Crippen LogP contribution >= 0.6 is 0 Å². The molecule has 1 N–H and O–H groups in total. The van der Waals surface area contributed by atoms with Crippen LogP contribution in [-0.2, 0) is 11.3 Å². The molecule has 1 atom stereocenters. The highest BCUT2D eigenvalue weighted by Gasteiger charge is 2.34. The second-order valence-electron chi connectivity index (χ2n) is 6.67. The maximum atomic E-state index is 14.6. The Balaban J connectivity index is 1.54. The lowest BCUT2D eigenvalue weighted by Crippen LogP contribution is -2.26. The number of carbonyl (C=O) groups is 1. The van der Waals surface area contributed by atoms with Crippen molar-refractivity contribution in [2.24, 2.45) is 0 Å². The van der Waals surface area contributed by atoms with E-state index >= 15 is 0 Å². The van der Waals surface area contributed by atoms with Crippen LogP contribution in [0.5, 0.6) is 0 Å². The van der Waals surface area contributed by atoms with Crippen molar-refractivity contribution >= 4 is 17.4 Å². The van der Waals surface area contributed by atoms with Crippen molar-refractivity contribution in [1.29, 1.82) is 0 Å². The number of hydrogen-bond donors (Lipinski definition) is 1. The Morgan fingerprint density at radius 3 is 2.74 bits per heavy atom. The molecule has 0 unspecified atom stereocenters. The molecular formula is C18H19F2N5O2. The van der Waals surface area contributed by atoms with E-state index in [1.165, 1.54) is 17.0 Å². The number of amides is 1. The van der Waals surface area contributed by atoms with E-state index in [-0.39, 0.29) is 17.8 Å². The Bertz CT molecular complexity index is 888. The minimum atomic E-state index is -0.679. The van der Waals surface area contributed by atoms with Crippen molar-refractivity contribution in [3.8, 4) is 0 Å². The van der Waals surface area contributed by atoms with Gasteiger partial charge in [0, 0.05) is 18.3 Å². The average Bonchev–Trinajstić information content (AvgIpc) is 3.20. The minimum Gasteiger partial charge on any atom is -0.442 e. The van der Waals surface area contributed by atoms with Gasteiger partial charge in [-0.1, -0.05) is 11.3 Å². The largest absolute Gasteiger partial charge is 0.442 e. The molecule has 2 aromatic rings. The second-order valence-corrected chi connectivity index (χ2v) is 6.67. The third-order valence-electron chi connectivity index (χ3n) is 4.64. The highest BCUT2D eigenvalue weighted by molar-refractivity contribution is 5.90. The van der Waals surface area contributed by atoms with Crippen molar-refractivity contribution < 1.29 is 18.3 Å². The fourth-order valence-electron chi connectivity index (χ4n) is 3.39. The van der Waals surface area contributed by atoms with Gasteiger partial charge in [0.1, 0.15) is 17.7 Å². The minimum absolute atomic E-state index is 0.0255. The number of ether oxygens (including phenoxy) is 1. The molecule has 1 aromatic carbocycles. The Morgan fingerprint density at radius 1 is 1.33 bits per heavy atom. The topological polar surface area (TPSA) is 72.3 Å². The van der Waals surface area contributed by atoms with Gasteiger partial charge in [0.2, 0.25) is 0 Å². The third-order valence-corrected chi connectivity index (χ3v) is 4.64. The molecule has 2 aliphatic rings. The molecule has 142 valence electrons. The average molecular weight is 375 g/mol. The molecule has 9 heteroatoms. The van der Waals surface area contributed by atoms with Crippen LogP contribution in [0, 0.1) is 18.6 Å². The molecule has 27 heavy (non-hydrogen) atoms. The zero-order valence-electron chi connectivity index (χ0n) is 14.8. The van der Waals surface area contributed by atoms with Crippen LogP contribution in [0.15, 0.2) is 24.4 Å². The predicted molar refractivity (Wildman–Crippen MR) is 94.2 cm³/mol. The molecule has 0 spiro atoms. The van der Waals surface area contributed by atoms with Crippen molar-refractivity contribution in [3.63, 3.8) is 0 Å². The number of cyclic esters (lactones) is 1. The summed E-state index contributed by atoms with van der Waals surface area (Å²) in [6.07, 6.45) is 2.96. The third kappa shape index (κ3) is 3.55. The number of benzene rings is 1. The molecule has 2 aliphatic heterocycles. The van der Waals surface area contributed by atoms with Gasteiger partial charge in [0.15, 0.2) is 0 Å². The number of anilines is 1. The molecule has 0 radical (unpaired) electrons. The lowest BCUT2D eigenvalue weighted by Gasteiger charge is -2.18. The summed E-state index contributed by atoms with van der Waals surface area (Å²) in [4.78, 5) is 13.4. The van der Waals surface area contributed by atoms with Gasteiger partial charge in [-0.15, -0.1) is 5.10 Å². The van der Waals surface area contributed by atoms with E-state index in [0.29, 0.717) is 31.6 Å². The number of halogens is 2. The molecule has 4 rings (SSSR count). The predicted octanol–water partition coefficient (Wildman–Crippen LogP) is 2.27. The molecule has 0 aliphatic carbocycles. The first-order valence-electron chi connectivity index (χ1n) is 8.75. The van der Waals surface area contributed by atoms with Gasteiger partial charge >= 0.3 is 6.09 Å². The maximum Gasteiger partial charge on any atom is 0.414 e. The lowest BCUT2D eigenvalue weighted by atomic mass is 9.98. The summed E-state index contributed by atoms with van der Waals surface area (Å²) in [7, 11) is 0. The Morgan fingerprint density at radius 2 is 2.11 bits per heavy atom. The monoisotopic (exact) mass is 375 g/mol. The molecule has 0 saturated carbocycles. The number of nitrogens with zero attached hydrogens (tertiary/aromatic N) is 4. The fraction of sp³-hybridized carbons (Fsp3) is 0.389. The van der Waals surface area contributed by atoms with E-state index in [9.17, 15) is 13.6 Å². The highest BCUT2D eigenvalue weighted by atomic mass is 19.1. The molecular weight excluding hydrogens is 356 g/mol. The van der Waals surface area contributed by atoms with Crippen molar-refractivity contribution in [3.05, 3.63) is 47.3 Å². The molecule has 1 saturated heterocycles. The molecule has 7 nitrogen and oxygen atoms in total. The fourth-order valence-corrected chi connectivity index (χ4v) is 3.39. The zero-order chi connectivity index (χ0) is 19.0. The van der Waals surface area contributed by atoms with E-state index in [1.54, 1.807) is 23.9 Å². The lowest BCUT2D eigenvalue weighted by molar-refractivity contribution is 0.129. The molecule has 1 aromatic heterocycles. The number of hydrogen-bond acceptors (Lipinski definition) is 5. The van der Waals surface area contributed by atoms with E-state index in [0.717, 1.165) is 5.69 Å². The molecule has 0 bridgehead atoms. The summed E-state index contributed by atoms with van der Waals surface area (Å²) in [5.74, 6) is -1.36. The summed E-state index contributed by atoms with van der Waals surface area (Å²) in [5.41, 5.74) is 1.51. The Kier molecular flexibility index (Phi) is 4.61. The maximum absolute atomic E-state index is 14.6. The highest BCUT2D eigenvalue weighted by Crippen LogP contribution is 2.31. The van der Waals surface area contributed by atoms with E-state index in [1.807, 2.05) is 0 Å². The van der Waals surface area contributed by atoms with Crippen LogP contribution < -0.4 is 10.2 Å².